The van der Waals surface area contributed by atoms with Crippen LogP contribution in [0, 0.1) is 0 Å². The molecule has 294 valence electrons. The minimum Gasteiger partial charge on any atom is -0.455 e. The van der Waals surface area contributed by atoms with E-state index in [0.29, 0.717) is 45.7 Å². The molecule has 5 aromatic heterocycles. The standard InChI is InChI=1S/C55H32N6O2/c1-4-16-33(17-5-1)48-51-49(39-23-11-13-28-45(39)62-51)57-55(56-48)42-26-14-24-40-47-41(25-15-29-46(47)63-50(40)42)54-59-52(34-18-6-2-7-19-34)58-53(60-54)35-30-31-38-37-22-10-12-27-43(37)61(44(38)32-35)36-20-8-3-9-21-36/h1-32H. The Labute approximate surface area is 359 Å². The highest BCUT2D eigenvalue weighted by atomic mass is 16.3. The van der Waals surface area contributed by atoms with Gasteiger partial charge >= 0.3 is 0 Å². The third-order valence-corrected chi connectivity index (χ3v) is 11.9. The number of benzene rings is 8. The molecule has 8 nitrogen and oxygen atoms in total. The van der Waals surface area contributed by atoms with Crippen molar-refractivity contribution < 1.29 is 8.83 Å². The molecule has 0 fully saturated rings. The van der Waals surface area contributed by atoms with Crippen molar-refractivity contribution in [1.82, 2.24) is 29.5 Å². The van der Waals surface area contributed by atoms with Crippen LogP contribution in [0.4, 0.5) is 0 Å². The van der Waals surface area contributed by atoms with E-state index >= 15 is 0 Å². The second kappa shape index (κ2) is 13.9. The molecule has 0 saturated heterocycles. The molecule has 0 radical (unpaired) electrons. The zero-order valence-corrected chi connectivity index (χ0v) is 33.5. The van der Waals surface area contributed by atoms with Crippen molar-refractivity contribution in [3.63, 3.8) is 0 Å². The van der Waals surface area contributed by atoms with Crippen molar-refractivity contribution in [2.45, 2.75) is 0 Å². The van der Waals surface area contributed by atoms with Crippen molar-refractivity contribution in [3.8, 4) is 62.5 Å². The van der Waals surface area contributed by atoms with E-state index in [1.54, 1.807) is 0 Å². The van der Waals surface area contributed by atoms with E-state index in [-0.39, 0.29) is 0 Å². The monoisotopic (exact) mass is 808 g/mol. The topological polar surface area (TPSA) is 95.7 Å². The van der Waals surface area contributed by atoms with Gasteiger partial charge in [0.15, 0.2) is 28.9 Å². The summed E-state index contributed by atoms with van der Waals surface area (Å²) in [6.45, 7) is 0. The van der Waals surface area contributed by atoms with E-state index in [0.717, 1.165) is 77.2 Å². The Kier molecular flexibility index (Phi) is 7.74. The first kappa shape index (κ1) is 35.0. The van der Waals surface area contributed by atoms with Crippen LogP contribution in [0.1, 0.15) is 0 Å². The summed E-state index contributed by atoms with van der Waals surface area (Å²) in [6.07, 6.45) is 0. The fourth-order valence-corrected chi connectivity index (χ4v) is 9.02. The molecule has 0 aliphatic rings. The number of aromatic nitrogens is 6. The summed E-state index contributed by atoms with van der Waals surface area (Å²) in [6, 6.07) is 65.8. The lowest BCUT2D eigenvalue weighted by molar-refractivity contribution is 0.666. The average Bonchev–Trinajstić information content (AvgIpc) is 4.04. The Morgan fingerprint density at radius 2 is 0.937 bits per heavy atom. The van der Waals surface area contributed by atoms with E-state index in [1.165, 1.54) is 5.39 Å². The minimum atomic E-state index is 0.537. The molecule has 0 aliphatic heterocycles. The van der Waals surface area contributed by atoms with Gasteiger partial charge in [0.25, 0.3) is 0 Å². The van der Waals surface area contributed by atoms with Gasteiger partial charge in [-0.2, -0.15) is 0 Å². The molecule has 0 N–H and O–H groups in total. The van der Waals surface area contributed by atoms with E-state index in [2.05, 4.69) is 83.4 Å². The summed E-state index contributed by atoms with van der Waals surface area (Å²) in [4.78, 5) is 26.0. The number of rotatable bonds is 6. The lowest BCUT2D eigenvalue weighted by Crippen LogP contribution is -2.00. The van der Waals surface area contributed by atoms with Crippen LogP contribution >= 0.6 is 0 Å². The van der Waals surface area contributed by atoms with Gasteiger partial charge in [-0.3, -0.25) is 0 Å². The highest BCUT2D eigenvalue weighted by Gasteiger charge is 2.23. The molecule has 13 rings (SSSR count). The first-order valence-electron chi connectivity index (χ1n) is 20.8. The Morgan fingerprint density at radius 1 is 0.349 bits per heavy atom. The van der Waals surface area contributed by atoms with Gasteiger partial charge in [-0.25, -0.2) is 24.9 Å². The van der Waals surface area contributed by atoms with Gasteiger partial charge in [0.2, 0.25) is 0 Å². The van der Waals surface area contributed by atoms with Gasteiger partial charge in [-0.1, -0.05) is 146 Å². The van der Waals surface area contributed by atoms with Gasteiger partial charge in [0, 0.05) is 54.9 Å². The van der Waals surface area contributed by atoms with Crippen LogP contribution in [0.2, 0.25) is 0 Å². The molecule has 0 unspecified atom stereocenters. The van der Waals surface area contributed by atoms with Crippen LogP contribution < -0.4 is 0 Å². The number of hydrogen-bond donors (Lipinski definition) is 0. The van der Waals surface area contributed by atoms with Gasteiger partial charge < -0.3 is 13.4 Å². The van der Waals surface area contributed by atoms with Crippen LogP contribution in [0.25, 0.3) is 128 Å². The SMILES string of the molecule is c1ccc(-c2nc(-c3ccc4c5ccccc5n(-c5ccccc5)c4c3)nc(-c3cccc4oc5c(-c6nc(-c7ccccc7)c7oc8ccccc8c7n6)cccc5c34)n2)cc1. The third kappa shape index (κ3) is 5.58. The summed E-state index contributed by atoms with van der Waals surface area (Å²) < 4.78 is 15.5. The molecule has 0 atom stereocenters. The van der Waals surface area contributed by atoms with Gasteiger partial charge in [-0.15, -0.1) is 0 Å². The Morgan fingerprint density at radius 3 is 1.76 bits per heavy atom. The number of hydrogen-bond acceptors (Lipinski definition) is 7. The lowest BCUT2D eigenvalue weighted by Gasteiger charge is -2.11. The first-order valence-corrected chi connectivity index (χ1v) is 20.8. The molecular weight excluding hydrogens is 777 g/mol. The Bertz CT molecular complexity index is 3910. The van der Waals surface area contributed by atoms with Crippen molar-refractivity contribution in [1.29, 1.82) is 0 Å². The molecule has 5 heterocycles. The minimum absolute atomic E-state index is 0.537. The Hall–Kier alpha value is -8.75. The maximum Gasteiger partial charge on any atom is 0.180 e. The number of fused-ring (bicyclic) bond motifs is 9. The predicted octanol–water partition coefficient (Wildman–Crippen LogP) is 13.9. The number of nitrogens with zero attached hydrogens (tertiary/aromatic N) is 6. The quantitative estimate of drug-likeness (QED) is 0.165. The molecule has 8 heteroatoms. The molecular formula is C55H32N6O2. The molecule has 13 aromatic rings. The molecule has 8 aromatic carbocycles. The zero-order chi connectivity index (χ0) is 41.4. The fourth-order valence-electron chi connectivity index (χ4n) is 9.02. The van der Waals surface area contributed by atoms with Crippen LogP contribution in [0.3, 0.4) is 0 Å². The summed E-state index contributed by atoms with van der Waals surface area (Å²) >= 11 is 0. The summed E-state index contributed by atoms with van der Waals surface area (Å²) in [5.74, 6) is 2.22. The van der Waals surface area contributed by atoms with E-state index in [4.69, 9.17) is 33.8 Å². The smallest absolute Gasteiger partial charge is 0.180 e. The zero-order valence-electron chi connectivity index (χ0n) is 33.5. The molecule has 0 saturated carbocycles. The highest BCUT2D eigenvalue weighted by molar-refractivity contribution is 6.15. The molecule has 0 bridgehead atoms. The maximum absolute atomic E-state index is 6.81. The second-order valence-electron chi connectivity index (χ2n) is 15.6. The summed E-state index contributed by atoms with van der Waals surface area (Å²) in [5, 5.41) is 5.05. The third-order valence-electron chi connectivity index (χ3n) is 11.9. The number of para-hydroxylation sites is 4. The van der Waals surface area contributed by atoms with Crippen LogP contribution in [0.15, 0.2) is 203 Å². The van der Waals surface area contributed by atoms with Crippen molar-refractivity contribution >= 4 is 65.8 Å². The van der Waals surface area contributed by atoms with Gasteiger partial charge in [0.1, 0.15) is 28.0 Å². The fraction of sp³-hybridized carbons (Fsp3) is 0. The Balaban J connectivity index is 1.02. The second-order valence-corrected chi connectivity index (χ2v) is 15.6. The van der Waals surface area contributed by atoms with E-state index in [9.17, 15) is 0 Å². The lowest BCUT2D eigenvalue weighted by atomic mass is 10.0. The molecule has 0 spiro atoms. The predicted molar refractivity (Wildman–Crippen MR) is 251 cm³/mol. The summed E-state index contributed by atoms with van der Waals surface area (Å²) in [5.41, 5.74) is 11.8. The van der Waals surface area contributed by atoms with Crippen molar-refractivity contribution in [2.75, 3.05) is 0 Å². The average molecular weight is 809 g/mol. The molecule has 63 heavy (non-hydrogen) atoms. The normalized spacial score (nSPS) is 11.8. The van der Waals surface area contributed by atoms with Gasteiger partial charge in [0.05, 0.1) is 16.6 Å². The van der Waals surface area contributed by atoms with Crippen molar-refractivity contribution in [3.05, 3.63) is 194 Å². The molecule has 0 aliphatic carbocycles. The van der Waals surface area contributed by atoms with Crippen LogP contribution in [-0.4, -0.2) is 29.5 Å². The van der Waals surface area contributed by atoms with Crippen LogP contribution in [-0.2, 0) is 0 Å². The first-order chi connectivity index (χ1) is 31.2. The highest BCUT2D eigenvalue weighted by Crippen LogP contribution is 2.42. The van der Waals surface area contributed by atoms with E-state index in [1.807, 2.05) is 115 Å². The summed E-state index contributed by atoms with van der Waals surface area (Å²) in [7, 11) is 0. The number of furan rings is 2. The molecule has 0 amide bonds. The van der Waals surface area contributed by atoms with Crippen LogP contribution in [0.5, 0.6) is 0 Å². The maximum atomic E-state index is 6.81. The largest absolute Gasteiger partial charge is 0.455 e. The van der Waals surface area contributed by atoms with Crippen molar-refractivity contribution in [2.24, 2.45) is 0 Å². The van der Waals surface area contributed by atoms with E-state index < -0.39 is 0 Å². The van der Waals surface area contributed by atoms with Gasteiger partial charge in [-0.05, 0) is 48.5 Å².